The fourth-order valence-electron chi connectivity index (χ4n) is 2.14. The van der Waals surface area contributed by atoms with Crippen molar-refractivity contribution in [2.45, 2.75) is 39.3 Å². The maximum absolute atomic E-state index is 13.1. The highest BCUT2D eigenvalue weighted by Crippen LogP contribution is 2.32. The Morgan fingerprint density at radius 1 is 1.32 bits per heavy atom. The molecule has 0 aliphatic carbocycles. The minimum Gasteiger partial charge on any atom is -0.380 e. The van der Waals surface area contributed by atoms with Gasteiger partial charge in [-0.05, 0) is 23.1 Å². The van der Waals surface area contributed by atoms with Crippen molar-refractivity contribution >= 4 is 18.3 Å². The molecule has 1 aromatic rings. The summed E-state index contributed by atoms with van der Waals surface area (Å²) in [7, 11) is 1.53. The lowest BCUT2D eigenvalue weighted by Crippen LogP contribution is -2.39. The first-order valence-corrected chi connectivity index (χ1v) is 7.05. The Morgan fingerprint density at radius 2 is 1.86 bits per heavy atom. The first-order valence-electron chi connectivity index (χ1n) is 7.05. The molecule has 0 aromatic heterocycles. The van der Waals surface area contributed by atoms with Gasteiger partial charge in [-0.1, -0.05) is 32.9 Å². The van der Waals surface area contributed by atoms with Crippen LogP contribution in [0.2, 0.25) is 0 Å². The SMILES string of the molecule is COC(CN)CC(=O)NC(c1ccc(F)cc1)C(C)(C)C.Cl. The van der Waals surface area contributed by atoms with Crippen molar-refractivity contribution < 1.29 is 13.9 Å². The van der Waals surface area contributed by atoms with Gasteiger partial charge in [-0.2, -0.15) is 0 Å². The van der Waals surface area contributed by atoms with Crippen molar-refractivity contribution in [1.82, 2.24) is 5.32 Å². The monoisotopic (exact) mass is 332 g/mol. The topological polar surface area (TPSA) is 64.3 Å². The van der Waals surface area contributed by atoms with Crippen LogP contribution in [0.4, 0.5) is 4.39 Å². The second-order valence-corrected chi connectivity index (χ2v) is 6.22. The largest absolute Gasteiger partial charge is 0.380 e. The Bertz CT molecular complexity index is 456. The Morgan fingerprint density at radius 3 is 2.27 bits per heavy atom. The molecule has 6 heteroatoms. The quantitative estimate of drug-likeness (QED) is 0.842. The lowest BCUT2D eigenvalue weighted by atomic mass is 9.82. The molecule has 1 rings (SSSR count). The van der Waals surface area contributed by atoms with Gasteiger partial charge in [-0.15, -0.1) is 12.4 Å². The molecule has 0 saturated heterocycles. The Hall–Kier alpha value is -1.17. The van der Waals surface area contributed by atoms with Crippen LogP contribution in [-0.2, 0) is 9.53 Å². The summed E-state index contributed by atoms with van der Waals surface area (Å²) in [6, 6.07) is 5.99. The molecule has 0 radical (unpaired) electrons. The summed E-state index contributed by atoms with van der Waals surface area (Å²) < 4.78 is 18.2. The molecule has 0 spiro atoms. The highest BCUT2D eigenvalue weighted by atomic mass is 35.5. The molecule has 2 unspecified atom stereocenters. The fraction of sp³-hybridized carbons (Fsp3) is 0.562. The molecular formula is C16H26ClFN2O2. The van der Waals surface area contributed by atoms with E-state index in [-0.39, 0.29) is 48.1 Å². The summed E-state index contributed by atoms with van der Waals surface area (Å²) >= 11 is 0. The van der Waals surface area contributed by atoms with E-state index in [9.17, 15) is 9.18 Å². The third-order valence-corrected chi connectivity index (χ3v) is 3.38. The van der Waals surface area contributed by atoms with Crippen LogP contribution in [0, 0.1) is 11.2 Å². The number of hydrogen-bond acceptors (Lipinski definition) is 3. The van der Waals surface area contributed by atoms with Gasteiger partial charge < -0.3 is 15.8 Å². The van der Waals surface area contributed by atoms with E-state index in [1.165, 1.54) is 19.2 Å². The molecule has 126 valence electrons. The Kier molecular flexibility index (Phi) is 8.60. The van der Waals surface area contributed by atoms with Crippen molar-refractivity contribution in [2.75, 3.05) is 13.7 Å². The molecule has 0 aliphatic heterocycles. The van der Waals surface area contributed by atoms with Gasteiger partial charge >= 0.3 is 0 Å². The van der Waals surface area contributed by atoms with E-state index in [2.05, 4.69) is 5.32 Å². The van der Waals surface area contributed by atoms with Crippen molar-refractivity contribution in [3.8, 4) is 0 Å². The van der Waals surface area contributed by atoms with E-state index < -0.39 is 0 Å². The van der Waals surface area contributed by atoms with Gasteiger partial charge in [0.25, 0.3) is 0 Å². The van der Waals surface area contributed by atoms with Crippen molar-refractivity contribution in [2.24, 2.45) is 11.1 Å². The average molecular weight is 333 g/mol. The smallest absolute Gasteiger partial charge is 0.223 e. The standard InChI is InChI=1S/C16H25FN2O2.ClH/c1-16(2,3)15(11-5-7-12(17)8-6-11)19-14(20)9-13(10-18)21-4;/h5-8,13,15H,9-10,18H2,1-4H3,(H,19,20);1H. The zero-order valence-corrected chi connectivity index (χ0v) is 14.4. The maximum Gasteiger partial charge on any atom is 0.223 e. The van der Waals surface area contributed by atoms with Crippen molar-refractivity contribution in [3.63, 3.8) is 0 Å². The van der Waals surface area contributed by atoms with Crippen molar-refractivity contribution in [1.29, 1.82) is 0 Å². The summed E-state index contributed by atoms with van der Waals surface area (Å²) in [4.78, 5) is 12.1. The minimum atomic E-state index is -0.293. The number of halogens is 2. The molecule has 2 atom stereocenters. The van der Waals surface area contributed by atoms with Gasteiger partial charge in [0.1, 0.15) is 5.82 Å². The highest BCUT2D eigenvalue weighted by Gasteiger charge is 2.28. The molecule has 1 amide bonds. The van der Waals surface area contributed by atoms with Crippen LogP contribution in [0.25, 0.3) is 0 Å². The lowest BCUT2D eigenvalue weighted by Gasteiger charge is -2.32. The molecule has 0 bridgehead atoms. The summed E-state index contributed by atoms with van der Waals surface area (Å²) in [5.41, 5.74) is 6.21. The highest BCUT2D eigenvalue weighted by molar-refractivity contribution is 5.85. The van der Waals surface area contributed by atoms with Crippen molar-refractivity contribution in [3.05, 3.63) is 35.6 Å². The van der Waals surface area contributed by atoms with Crippen LogP contribution >= 0.6 is 12.4 Å². The van der Waals surface area contributed by atoms with Crippen LogP contribution in [-0.4, -0.2) is 25.7 Å². The van der Waals surface area contributed by atoms with Crippen LogP contribution < -0.4 is 11.1 Å². The number of amides is 1. The molecule has 3 N–H and O–H groups in total. The van der Waals surface area contributed by atoms with Crippen LogP contribution in [0.3, 0.4) is 0 Å². The normalized spacial score (nSPS) is 13.9. The predicted octanol–water partition coefficient (Wildman–Crippen LogP) is 2.81. The molecule has 0 fully saturated rings. The van der Waals surface area contributed by atoms with Crippen LogP contribution in [0.5, 0.6) is 0 Å². The van der Waals surface area contributed by atoms with Gasteiger partial charge in [0.05, 0.1) is 18.6 Å². The maximum atomic E-state index is 13.1. The molecule has 0 saturated carbocycles. The summed E-state index contributed by atoms with van der Waals surface area (Å²) in [6.07, 6.45) is -0.0836. The minimum absolute atomic E-state index is 0. The molecule has 0 heterocycles. The number of methoxy groups -OCH3 is 1. The Balaban J connectivity index is 0.00000441. The number of benzene rings is 1. The number of hydrogen-bond donors (Lipinski definition) is 2. The van der Waals surface area contributed by atoms with E-state index in [4.69, 9.17) is 10.5 Å². The summed E-state index contributed by atoms with van der Waals surface area (Å²) in [5, 5.41) is 2.99. The summed E-state index contributed by atoms with van der Waals surface area (Å²) in [5.74, 6) is -0.420. The fourth-order valence-corrected chi connectivity index (χ4v) is 2.14. The predicted molar refractivity (Wildman–Crippen MR) is 88.5 cm³/mol. The van der Waals surface area contributed by atoms with E-state index in [0.29, 0.717) is 6.54 Å². The first-order chi connectivity index (χ1) is 9.77. The number of ether oxygens (including phenoxy) is 1. The van der Waals surface area contributed by atoms with Gasteiger partial charge in [-0.3, -0.25) is 4.79 Å². The van der Waals surface area contributed by atoms with E-state index in [1.54, 1.807) is 12.1 Å². The number of rotatable bonds is 6. The number of carbonyl (C=O) groups is 1. The van der Waals surface area contributed by atoms with Gasteiger partial charge in [0.15, 0.2) is 0 Å². The van der Waals surface area contributed by atoms with Gasteiger partial charge in [0.2, 0.25) is 5.91 Å². The van der Waals surface area contributed by atoms with Crippen LogP contribution in [0.1, 0.15) is 38.8 Å². The average Bonchev–Trinajstić information content (AvgIpc) is 2.42. The van der Waals surface area contributed by atoms with Crippen LogP contribution in [0.15, 0.2) is 24.3 Å². The van der Waals surface area contributed by atoms with E-state index in [1.807, 2.05) is 20.8 Å². The third-order valence-electron chi connectivity index (χ3n) is 3.38. The Labute approximate surface area is 138 Å². The van der Waals surface area contributed by atoms with E-state index >= 15 is 0 Å². The van der Waals surface area contributed by atoms with E-state index in [0.717, 1.165) is 5.56 Å². The second-order valence-electron chi connectivity index (χ2n) is 6.22. The first kappa shape index (κ1) is 20.8. The number of nitrogens with two attached hydrogens (primary N) is 1. The molecule has 4 nitrogen and oxygen atoms in total. The zero-order chi connectivity index (χ0) is 16.0. The number of carbonyl (C=O) groups excluding carboxylic acids is 1. The molecular weight excluding hydrogens is 307 g/mol. The lowest BCUT2D eigenvalue weighted by molar-refractivity contribution is -0.124. The number of nitrogens with one attached hydrogen (secondary N) is 1. The molecule has 1 aromatic carbocycles. The molecule has 22 heavy (non-hydrogen) atoms. The molecule has 0 aliphatic rings. The summed E-state index contributed by atoms with van der Waals surface area (Å²) in [6.45, 7) is 6.37. The van der Waals surface area contributed by atoms with Gasteiger partial charge in [0, 0.05) is 13.7 Å². The second kappa shape index (κ2) is 9.08. The van der Waals surface area contributed by atoms with Gasteiger partial charge in [-0.25, -0.2) is 4.39 Å². The zero-order valence-electron chi connectivity index (χ0n) is 13.6. The third kappa shape index (κ3) is 6.30.